The molecule has 2 aromatic rings. The van der Waals surface area contributed by atoms with Crippen LogP contribution in [0.3, 0.4) is 0 Å². The Labute approximate surface area is 192 Å². The van der Waals surface area contributed by atoms with Gasteiger partial charge in [0.15, 0.2) is 5.11 Å². The molecule has 1 aromatic carbocycles. The number of carbonyl (C=O) groups is 2. The van der Waals surface area contributed by atoms with E-state index in [1.807, 2.05) is 17.5 Å². The lowest BCUT2D eigenvalue weighted by Crippen LogP contribution is -2.55. The van der Waals surface area contributed by atoms with Crippen molar-refractivity contribution in [3.05, 3.63) is 58.3 Å². The van der Waals surface area contributed by atoms with E-state index in [9.17, 15) is 9.59 Å². The van der Waals surface area contributed by atoms with Crippen LogP contribution >= 0.6 is 58.4 Å². The molecular weight excluding hydrogens is 477 g/mol. The smallest absolute Gasteiger partial charge is 0.339 e. The summed E-state index contributed by atoms with van der Waals surface area (Å²) in [7, 11) is 1.27. The topological polar surface area (TPSA) is 79.5 Å². The number of nitrogens with one attached hydrogen (secondary N) is 3. The molecule has 1 amide bonds. The second-order valence-corrected chi connectivity index (χ2v) is 9.22. The summed E-state index contributed by atoms with van der Waals surface area (Å²) in [4.78, 5) is 24.9. The molecule has 1 heterocycles. The van der Waals surface area contributed by atoms with Crippen molar-refractivity contribution >= 4 is 87.1 Å². The summed E-state index contributed by atoms with van der Waals surface area (Å²) in [6.07, 6.45) is 1.82. The Morgan fingerprint density at radius 3 is 2.52 bits per heavy atom. The highest BCUT2D eigenvalue weighted by atomic mass is 35.6. The van der Waals surface area contributed by atoms with Crippen LogP contribution in [0.15, 0.2) is 47.9 Å². The van der Waals surface area contributed by atoms with Gasteiger partial charge >= 0.3 is 5.97 Å². The SMILES string of the molecule is COC(=O)c1ccccc1NC(=S)NC(NC(=O)/C=C/c1cccs1)C(Cl)(Cl)Cl. The summed E-state index contributed by atoms with van der Waals surface area (Å²) in [5.41, 5.74) is 0.663. The molecule has 0 aliphatic heterocycles. The molecule has 3 N–H and O–H groups in total. The molecule has 154 valence electrons. The standard InChI is InChI=1S/C18H16Cl3N3O3S2/c1-27-15(26)12-6-2-3-7-13(12)22-17(28)24-16(18(19,20)21)23-14(25)9-8-11-5-4-10-29-11/h2-10,16H,1H3,(H,23,25)(H2,22,24,28)/b9-8+. The van der Waals surface area contributed by atoms with Crippen molar-refractivity contribution in [2.75, 3.05) is 12.4 Å². The van der Waals surface area contributed by atoms with Crippen LogP contribution in [0.4, 0.5) is 5.69 Å². The molecule has 0 spiro atoms. The number of amides is 1. The summed E-state index contributed by atoms with van der Waals surface area (Å²) < 4.78 is 2.83. The fourth-order valence-electron chi connectivity index (χ4n) is 2.10. The van der Waals surface area contributed by atoms with Gasteiger partial charge < -0.3 is 20.7 Å². The molecular formula is C18H16Cl3N3O3S2. The molecule has 11 heteroatoms. The van der Waals surface area contributed by atoms with Gasteiger partial charge in [-0.25, -0.2) is 4.79 Å². The highest BCUT2D eigenvalue weighted by Crippen LogP contribution is 2.29. The molecule has 0 saturated heterocycles. The van der Waals surface area contributed by atoms with E-state index in [0.717, 1.165) is 4.88 Å². The van der Waals surface area contributed by atoms with Crippen molar-refractivity contribution in [3.8, 4) is 0 Å². The minimum Gasteiger partial charge on any atom is -0.465 e. The second-order valence-electron chi connectivity index (χ2n) is 5.47. The quantitative estimate of drug-likeness (QED) is 0.183. The number of hydrogen-bond donors (Lipinski definition) is 3. The molecule has 1 aromatic heterocycles. The largest absolute Gasteiger partial charge is 0.465 e. The number of para-hydroxylation sites is 1. The van der Waals surface area contributed by atoms with Gasteiger partial charge in [-0.1, -0.05) is 53.0 Å². The summed E-state index contributed by atoms with van der Waals surface area (Å²) in [6, 6.07) is 10.3. The molecule has 0 aliphatic carbocycles. The third kappa shape index (κ3) is 7.49. The Kier molecular flexibility index (Phi) is 8.73. The molecule has 0 radical (unpaired) electrons. The third-order valence-corrected chi connectivity index (χ3v) is 5.12. The highest BCUT2D eigenvalue weighted by molar-refractivity contribution is 7.80. The average molecular weight is 493 g/mol. The lowest BCUT2D eigenvalue weighted by Gasteiger charge is -2.27. The number of rotatable bonds is 6. The van der Waals surface area contributed by atoms with Gasteiger partial charge in [0.25, 0.3) is 0 Å². The van der Waals surface area contributed by atoms with Crippen molar-refractivity contribution in [3.63, 3.8) is 0 Å². The number of anilines is 1. The van der Waals surface area contributed by atoms with Crippen molar-refractivity contribution in [2.24, 2.45) is 0 Å². The van der Waals surface area contributed by atoms with E-state index in [4.69, 9.17) is 51.8 Å². The van der Waals surface area contributed by atoms with E-state index < -0.39 is 21.8 Å². The molecule has 1 atom stereocenters. The van der Waals surface area contributed by atoms with E-state index in [1.54, 1.807) is 30.3 Å². The van der Waals surface area contributed by atoms with Gasteiger partial charge in [0.1, 0.15) is 6.17 Å². The van der Waals surface area contributed by atoms with Gasteiger partial charge in [0.05, 0.1) is 18.4 Å². The Morgan fingerprint density at radius 2 is 1.90 bits per heavy atom. The van der Waals surface area contributed by atoms with Gasteiger partial charge in [0, 0.05) is 11.0 Å². The number of ether oxygens (including phenoxy) is 1. The van der Waals surface area contributed by atoms with Crippen LogP contribution < -0.4 is 16.0 Å². The van der Waals surface area contributed by atoms with E-state index in [1.165, 1.54) is 24.5 Å². The molecule has 29 heavy (non-hydrogen) atoms. The van der Waals surface area contributed by atoms with Crippen LogP contribution in [0.5, 0.6) is 0 Å². The van der Waals surface area contributed by atoms with E-state index in [0.29, 0.717) is 5.69 Å². The Bertz CT molecular complexity index is 899. The number of halogens is 3. The highest BCUT2D eigenvalue weighted by Gasteiger charge is 2.34. The van der Waals surface area contributed by atoms with Crippen LogP contribution in [0, 0.1) is 0 Å². The Morgan fingerprint density at radius 1 is 1.17 bits per heavy atom. The Balaban J connectivity index is 2.06. The summed E-state index contributed by atoms with van der Waals surface area (Å²) in [5.74, 6) is -1.03. The molecule has 2 rings (SSSR count). The molecule has 1 unspecified atom stereocenters. The number of carbonyl (C=O) groups excluding carboxylic acids is 2. The van der Waals surface area contributed by atoms with Crippen LogP contribution in [0.25, 0.3) is 6.08 Å². The monoisotopic (exact) mass is 491 g/mol. The zero-order valence-corrected chi connectivity index (χ0v) is 18.8. The number of benzene rings is 1. The maximum Gasteiger partial charge on any atom is 0.339 e. The lowest BCUT2D eigenvalue weighted by molar-refractivity contribution is -0.117. The third-order valence-electron chi connectivity index (χ3n) is 3.41. The number of alkyl halides is 3. The van der Waals surface area contributed by atoms with Crippen LogP contribution in [0.2, 0.25) is 0 Å². The zero-order chi connectivity index (χ0) is 21.4. The fraction of sp³-hybridized carbons (Fsp3) is 0.167. The average Bonchev–Trinajstić information content (AvgIpc) is 3.18. The normalized spacial score (nSPS) is 12.3. The maximum atomic E-state index is 12.2. The number of methoxy groups -OCH3 is 1. The Hall–Kier alpha value is -1.84. The first-order chi connectivity index (χ1) is 13.7. The molecule has 0 bridgehead atoms. The van der Waals surface area contributed by atoms with Gasteiger partial charge in [-0.3, -0.25) is 4.79 Å². The predicted octanol–water partition coefficient (Wildman–Crippen LogP) is 4.35. The van der Waals surface area contributed by atoms with Crippen LogP contribution in [0.1, 0.15) is 15.2 Å². The van der Waals surface area contributed by atoms with Crippen LogP contribution in [-0.4, -0.2) is 34.1 Å². The fourth-order valence-corrected chi connectivity index (χ4v) is 3.28. The number of hydrogen-bond acceptors (Lipinski definition) is 5. The van der Waals surface area contributed by atoms with Gasteiger partial charge in [-0.15, -0.1) is 11.3 Å². The van der Waals surface area contributed by atoms with Crippen molar-refractivity contribution in [2.45, 2.75) is 9.96 Å². The lowest BCUT2D eigenvalue weighted by atomic mass is 10.2. The first-order valence-corrected chi connectivity index (χ1v) is 10.5. The van der Waals surface area contributed by atoms with E-state index >= 15 is 0 Å². The van der Waals surface area contributed by atoms with Crippen molar-refractivity contribution < 1.29 is 14.3 Å². The van der Waals surface area contributed by atoms with Crippen molar-refractivity contribution in [1.29, 1.82) is 0 Å². The van der Waals surface area contributed by atoms with Gasteiger partial charge in [0.2, 0.25) is 9.70 Å². The maximum absolute atomic E-state index is 12.2. The predicted molar refractivity (Wildman–Crippen MR) is 123 cm³/mol. The van der Waals surface area contributed by atoms with Gasteiger partial charge in [-0.2, -0.15) is 0 Å². The molecule has 0 fully saturated rings. The zero-order valence-electron chi connectivity index (χ0n) is 14.9. The summed E-state index contributed by atoms with van der Waals surface area (Å²) >= 11 is 24.6. The van der Waals surface area contributed by atoms with Crippen LogP contribution in [-0.2, 0) is 9.53 Å². The first kappa shape index (κ1) is 23.4. The summed E-state index contributed by atoms with van der Waals surface area (Å²) in [5, 5.41) is 10.0. The number of thiocarbonyl (C=S) groups is 1. The molecule has 6 nitrogen and oxygen atoms in total. The van der Waals surface area contributed by atoms with Gasteiger partial charge in [-0.05, 0) is 41.9 Å². The molecule has 0 aliphatic rings. The van der Waals surface area contributed by atoms with E-state index in [-0.39, 0.29) is 10.7 Å². The number of thiophene rings is 1. The molecule has 0 saturated carbocycles. The van der Waals surface area contributed by atoms with E-state index in [2.05, 4.69) is 16.0 Å². The minimum atomic E-state index is -1.90. The number of esters is 1. The second kappa shape index (κ2) is 10.8. The summed E-state index contributed by atoms with van der Waals surface area (Å²) in [6.45, 7) is 0. The van der Waals surface area contributed by atoms with Crippen molar-refractivity contribution in [1.82, 2.24) is 10.6 Å². The first-order valence-electron chi connectivity index (χ1n) is 8.04. The minimum absolute atomic E-state index is 0.0280.